The van der Waals surface area contributed by atoms with Gasteiger partial charge in [0, 0.05) is 28.4 Å². The molecular formula is C21H16BrF3N2O4S. The highest BCUT2D eigenvalue weighted by molar-refractivity contribution is 9.10. The molecule has 2 amide bonds. The van der Waals surface area contributed by atoms with Gasteiger partial charge in [0.2, 0.25) is 0 Å². The van der Waals surface area contributed by atoms with Crippen LogP contribution in [0, 0.1) is 0 Å². The minimum absolute atomic E-state index is 0.0304. The zero-order chi connectivity index (χ0) is 23.4. The van der Waals surface area contributed by atoms with Gasteiger partial charge in [-0.3, -0.25) is 9.69 Å². The molecule has 168 valence electrons. The zero-order valence-corrected chi connectivity index (χ0v) is 18.9. The largest absolute Gasteiger partial charge is 0.416 e. The summed E-state index contributed by atoms with van der Waals surface area (Å²) in [5, 5.41) is 2.62. The van der Waals surface area contributed by atoms with Gasteiger partial charge in [-0.25, -0.2) is 13.2 Å². The van der Waals surface area contributed by atoms with Gasteiger partial charge in [-0.05, 0) is 42.3 Å². The van der Waals surface area contributed by atoms with E-state index in [0.29, 0.717) is 4.47 Å². The minimum atomic E-state index is -4.60. The van der Waals surface area contributed by atoms with E-state index in [0.717, 1.165) is 23.3 Å². The number of halogens is 4. The topological polar surface area (TPSA) is 83.6 Å². The van der Waals surface area contributed by atoms with Crippen LogP contribution in [0.5, 0.6) is 0 Å². The molecule has 0 radical (unpaired) electrons. The summed E-state index contributed by atoms with van der Waals surface area (Å²) < 4.78 is 64.8. The van der Waals surface area contributed by atoms with Gasteiger partial charge in [-0.2, -0.15) is 13.2 Å². The molecule has 11 heteroatoms. The van der Waals surface area contributed by atoms with E-state index in [1.165, 1.54) is 24.3 Å². The number of carbonyl (C=O) groups is 2. The molecule has 0 saturated carbocycles. The van der Waals surface area contributed by atoms with E-state index >= 15 is 0 Å². The van der Waals surface area contributed by atoms with Crippen molar-refractivity contribution in [2.75, 3.05) is 11.2 Å². The lowest BCUT2D eigenvalue weighted by atomic mass is 9.94. The second-order valence-electron chi connectivity index (χ2n) is 7.50. The predicted molar refractivity (Wildman–Crippen MR) is 114 cm³/mol. The maximum atomic E-state index is 13.2. The number of nitrogens with zero attached hydrogens (tertiary/aromatic N) is 1. The van der Waals surface area contributed by atoms with Crippen LogP contribution in [0.2, 0.25) is 0 Å². The number of benzene rings is 2. The first-order valence-electron chi connectivity index (χ1n) is 9.41. The number of anilines is 1. The summed E-state index contributed by atoms with van der Waals surface area (Å²) in [5.74, 6) is -0.302. The number of amides is 2. The molecule has 1 unspecified atom stereocenters. The van der Waals surface area contributed by atoms with Crippen molar-refractivity contribution in [1.29, 1.82) is 0 Å². The molecule has 0 saturated heterocycles. The standard InChI is InChI=1S/C21H16BrF3N2O4S/c1-32(30,31)17-10-12(22)5-6-14(17)19-18-15(7-8-16(18)28)27(20(29)26-19)13-4-2-3-11(9-13)21(23,24)25/h2-6,9-10,19H,7-8H2,1H3,(H,26,29). The fourth-order valence-electron chi connectivity index (χ4n) is 4.00. The molecule has 32 heavy (non-hydrogen) atoms. The molecule has 0 bridgehead atoms. The van der Waals surface area contributed by atoms with Crippen LogP contribution in [-0.4, -0.2) is 26.5 Å². The van der Waals surface area contributed by atoms with Gasteiger partial charge in [0.15, 0.2) is 15.6 Å². The van der Waals surface area contributed by atoms with E-state index in [1.807, 2.05) is 0 Å². The summed E-state index contributed by atoms with van der Waals surface area (Å²) in [7, 11) is -3.71. The van der Waals surface area contributed by atoms with Crippen molar-refractivity contribution in [3.63, 3.8) is 0 Å². The Balaban J connectivity index is 1.88. The molecule has 2 aliphatic rings. The van der Waals surface area contributed by atoms with Crippen LogP contribution < -0.4 is 10.2 Å². The molecular weight excluding hydrogens is 513 g/mol. The number of Topliss-reactive ketones (excluding diaryl/α,β-unsaturated/α-hetero) is 1. The first-order valence-corrected chi connectivity index (χ1v) is 12.1. The first-order chi connectivity index (χ1) is 14.9. The average molecular weight is 529 g/mol. The van der Waals surface area contributed by atoms with Gasteiger partial charge in [-0.1, -0.05) is 28.1 Å². The highest BCUT2D eigenvalue weighted by atomic mass is 79.9. The number of nitrogens with one attached hydrogen (secondary N) is 1. The molecule has 0 spiro atoms. The number of hydrogen-bond donors (Lipinski definition) is 1. The maximum absolute atomic E-state index is 13.2. The Kier molecular flexibility index (Phi) is 5.44. The first kappa shape index (κ1) is 22.5. The van der Waals surface area contributed by atoms with Crippen molar-refractivity contribution in [3.8, 4) is 0 Å². The van der Waals surface area contributed by atoms with Gasteiger partial charge in [0.25, 0.3) is 0 Å². The lowest BCUT2D eigenvalue weighted by molar-refractivity contribution is -0.137. The summed E-state index contributed by atoms with van der Waals surface area (Å²) >= 11 is 3.22. The van der Waals surface area contributed by atoms with Crippen molar-refractivity contribution in [1.82, 2.24) is 5.32 Å². The molecule has 1 heterocycles. The van der Waals surface area contributed by atoms with E-state index in [4.69, 9.17) is 0 Å². The monoisotopic (exact) mass is 528 g/mol. The number of sulfone groups is 1. The van der Waals surface area contributed by atoms with Gasteiger partial charge in [-0.15, -0.1) is 0 Å². The smallest absolute Gasteiger partial charge is 0.326 e. The summed E-state index contributed by atoms with van der Waals surface area (Å²) in [5.41, 5.74) is -0.295. The number of allylic oxidation sites excluding steroid dienone is 1. The Morgan fingerprint density at radius 1 is 1.09 bits per heavy atom. The van der Waals surface area contributed by atoms with Crippen LogP contribution in [0.4, 0.5) is 23.7 Å². The highest BCUT2D eigenvalue weighted by Crippen LogP contribution is 2.43. The molecule has 1 atom stereocenters. The fraction of sp³-hybridized carbons (Fsp3) is 0.238. The summed E-state index contributed by atoms with van der Waals surface area (Å²) in [6, 6.07) is 6.97. The van der Waals surface area contributed by atoms with Crippen LogP contribution in [0.15, 0.2) is 63.1 Å². The van der Waals surface area contributed by atoms with Crippen LogP contribution >= 0.6 is 15.9 Å². The Morgan fingerprint density at radius 3 is 2.47 bits per heavy atom. The van der Waals surface area contributed by atoms with Crippen LogP contribution in [-0.2, 0) is 20.8 Å². The summed E-state index contributed by atoms with van der Waals surface area (Å²) in [6.07, 6.45) is -3.37. The Hall–Kier alpha value is -2.66. The van der Waals surface area contributed by atoms with E-state index in [2.05, 4.69) is 21.2 Å². The number of hydrogen-bond acceptors (Lipinski definition) is 4. The van der Waals surface area contributed by atoms with E-state index in [1.54, 1.807) is 6.07 Å². The number of rotatable bonds is 3. The normalized spacial score (nSPS) is 19.3. The quantitative estimate of drug-likeness (QED) is 0.622. The van der Waals surface area contributed by atoms with Crippen molar-refractivity contribution < 1.29 is 31.2 Å². The van der Waals surface area contributed by atoms with E-state index in [-0.39, 0.29) is 46.0 Å². The van der Waals surface area contributed by atoms with Gasteiger partial charge < -0.3 is 5.32 Å². The van der Waals surface area contributed by atoms with Crippen LogP contribution in [0.1, 0.15) is 30.0 Å². The zero-order valence-electron chi connectivity index (χ0n) is 16.5. The van der Waals surface area contributed by atoms with Crippen LogP contribution in [0.25, 0.3) is 0 Å². The average Bonchev–Trinajstić information content (AvgIpc) is 3.07. The molecule has 2 aromatic rings. The van der Waals surface area contributed by atoms with Crippen LogP contribution in [0.3, 0.4) is 0 Å². The maximum Gasteiger partial charge on any atom is 0.416 e. The molecule has 6 nitrogen and oxygen atoms in total. The Morgan fingerprint density at radius 2 is 1.81 bits per heavy atom. The number of alkyl halides is 3. The third kappa shape index (κ3) is 3.95. The molecule has 1 N–H and O–H groups in total. The summed E-state index contributed by atoms with van der Waals surface area (Å²) in [6.45, 7) is 0. The van der Waals surface area contributed by atoms with E-state index < -0.39 is 33.6 Å². The Bertz CT molecular complexity index is 1290. The fourth-order valence-corrected chi connectivity index (χ4v) is 5.47. The Labute approximate surface area is 190 Å². The van der Waals surface area contributed by atoms with Gasteiger partial charge in [0.1, 0.15) is 0 Å². The molecule has 4 rings (SSSR count). The second kappa shape index (κ2) is 7.73. The number of urea groups is 1. The lowest BCUT2D eigenvalue weighted by Gasteiger charge is -2.35. The van der Waals surface area contributed by atoms with Crippen molar-refractivity contribution in [3.05, 3.63) is 69.3 Å². The molecule has 0 fully saturated rings. The van der Waals surface area contributed by atoms with E-state index in [9.17, 15) is 31.2 Å². The summed E-state index contributed by atoms with van der Waals surface area (Å²) in [4.78, 5) is 26.8. The number of ketones is 1. The van der Waals surface area contributed by atoms with Crippen molar-refractivity contribution in [2.45, 2.75) is 30.0 Å². The predicted octanol–water partition coefficient (Wildman–Crippen LogP) is 4.76. The third-order valence-corrected chi connectivity index (χ3v) is 6.99. The molecule has 0 aromatic heterocycles. The highest BCUT2D eigenvalue weighted by Gasteiger charge is 2.43. The molecule has 2 aromatic carbocycles. The van der Waals surface area contributed by atoms with Gasteiger partial charge >= 0.3 is 12.2 Å². The molecule has 1 aliphatic heterocycles. The minimum Gasteiger partial charge on any atom is -0.326 e. The van der Waals surface area contributed by atoms with Gasteiger partial charge in [0.05, 0.1) is 22.2 Å². The van der Waals surface area contributed by atoms with Crippen molar-refractivity contribution >= 4 is 43.3 Å². The third-order valence-electron chi connectivity index (χ3n) is 5.35. The number of carbonyl (C=O) groups excluding carboxylic acids is 2. The second-order valence-corrected chi connectivity index (χ2v) is 10.4. The lowest BCUT2D eigenvalue weighted by Crippen LogP contribution is -2.47. The van der Waals surface area contributed by atoms with Crippen molar-refractivity contribution in [2.24, 2.45) is 0 Å². The SMILES string of the molecule is CS(=O)(=O)c1cc(Br)ccc1C1NC(=O)N(c2cccc(C(F)(F)F)c2)C2=C1C(=O)CC2. The molecule has 1 aliphatic carbocycles.